The number of nitrogens with two attached hydrogens (primary N) is 1. The topological polar surface area (TPSA) is 69.4 Å². The molecule has 4 nitrogen and oxygen atoms in total. The second-order valence-corrected chi connectivity index (χ2v) is 6.74. The lowest BCUT2D eigenvalue weighted by atomic mass is 9.90. The van der Waals surface area contributed by atoms with E-state index < -0.39 is 10.0 Å². The Morgan fingerprint density at radius 2 is 1.76 bits per heavy atom. The fraction of sp³-hybridized carbons (Fsp3) is 1.00. The van der Waals surface area contributed by atoms with Crippen LogP contribution in [0.1, 0.15) is 51.4 Å². The minimum atomic E-state index is -3.27. The van der Waals surface area contributed by atoms with Crippen molar-refractivity contribution in [2.45, 2.75) is 51.4 Å². The van der Waals surface area contributed by atoms with Crippen molar-refractivity contribution in [1.29, 1.82) is 0 Å². The Balaban J connectivity index is 1.87. The van der Waals surface area contributed by atoms with E-state index in [9.17, 15) is 8.42 Å². The molecule has 0 atom stereocenters. The summed E-state index contributed by atoms with van der Waals surface area (Å²) in [7, 11) is -3.27. The zero-order valence-corrected chi connectivity index (χ0v) is 11.4. The Morgan fingerprint density at radius 3 is 2.41 bits per heavy atom. The normalized spacial score (nSPS) is 18.4. The number of sulfonamides is 1. The molecule has 0 aromatic heterocycles. The van der Waals surface area contributed by atoms with Crippen LogP contribution in [-0.4, -0.2) is 27.4 Å². The Kier molecular flexibility index (Phi) is 7.08. The second-order valence-electron chi connectivity index (χ2n) is 5.01. The number of hydrogen-bond donors (Lipinski definition) is 1. The molecule has 0 radical (unpaired) electrons. The van der Waals surface area contributed by atoms with Gasteiger partial charge in [0.25, 0.3) is 0 Å². The molecule has 1 rings (SSSR count). The van der Waals surface area contributed by atoms with Crippen molar-refractivity contribution >= 4 is 10.0 Å². The largest absolute Gasteiger partial charge is 0.381 e. The maximum absolute atomic E-state index is 10.7. The number of primary sulfonamides is 1. The van der Waals surface area contributed by atoms with Gasteiger partial charge in [0.05, 0.1) is 5.75 Å². The molecule has 1 fully saturated rings. The molecule has 2 N–H and O–H groups in total. The van der Waals surface area contributed by atoms with E-state index in [1.54, 1.807) is 0 Å². The van der Waals surface area contributed by atoms with Crippen molar-refractivity contribution in [3.8, 4) is 0 Å². The zero-order chi connectivity index (χ0) is 12.6. The predicted molar refractivity (Wildman–Crippen MR) is 69.2 cm³/mol. The SMILES string of the molecule is NS(=O)(=O)CCCCCOCC1CCCCC1. The van der Waals surface area contributed by atoms with Crippen LogP contribution in [0.5, 0.6) is 0 Å². The summed E-state index contributed by atoms with van der Waals surface area (Å²) in [4.78, 5) is 0. The molecule has 0 aromatic rings. The van der Waals surface area contributed by atoms with Crippen LogP contribution in [0.25, 0.3) is 0 Å². The van der Waals surface area contributed by atoms with Crippen molar-refractivity contribution in [3.63, 3.8) is 0 Å². The van der Waals surface area contributed by atoms with Gasteiger partial charge in [0.2, 0.25) is 10.0 Å². The molecule has 0 aromatic carbocycles. The van der Waals surface area contributed by atoms with Gasteiger partial charge in [0.15, 0.2) is 0 Å². The lowest BCUT2D eigenvalue weighted by Crippen LogP contribution is -2.16. The Hall–Kier alpha value is -0.130. The molecule has 1 aliphatic rings. The van der Waals surface area contributed by atoms with Crippen molar-refractivity contribution in [2.75, 3.05) is 19.0 Å². The first-order valence-corrected chi connectivity index (χ1v) is 8.38. The third kappa shape index (κ3) is 8.57. The number of rotatable bonds is 8. The van der Waals surface area contributed by atoms with Crippen molar-refractivity contribution in [2.24, 2.45) is 11.1 Å². The fourth-order valence-electron chi connectivity index (χ4n) is 2.29. The van der Waals surface area contributed by atoms with Gasteiger partial charge in [-0.05, 0) is 31.6 Å². The highest BCUT2D eigenvalue weighted by atomic mass is 32.2. The van der Waals surface area contributed by atoms with Crippen LogP contribution in [0.2, 0.25) is 0 Å². The maximum atomic E-state index is 10.7. The summed E-state index contributed by atoms with van der Waals surface area (Å²) >= 11 is 0. The molecule has 1 saturated carbocycles. The Labute approximate surface area is 105 Å². The summed E-state index contributed by atoms with van der Waals surface area (Å²) in [6, 6.07) is 0. The molecule has 1 aliphatic carbocycles. The first kappa shape index (κ1) is 14.9. The molecule has 0 aliphatic heterocycles. The van der Waals surface area contributed by atoms with Gasteiger partial charge in [0, 0.05) is 13.2 Å². The van der Waals surface area contributed by atoms with Gasteiger partial charge < -0.3 is 4.74 Å². The molecular weight excluding hydrogens is 238 g/mol. The van der Waals surface area contributed by atoms with Crippen LogP contribution in [-0.2, 0) is 14.8 Å². The average Bonchev–Trinajstić information content (AvgIpc) is 2.28. The number of hydrogen-bond acceptors (Lipinski definition) is 3. The molecule has 17 heavy (non-hydrogen) atoms. The van der Waals surface area contributed by atoms with Crippen LogP contribution in [0.4, 0.5) is 0 Å². The van der Waals surface area contributed by atoms with E-state index in [4.69, 9.17) is 9.88 Å². The van der Waals surface area contributed by atoms with Crippen molar-refractivity contribution in [3.05, 3.63) is 0 Å². The van der Waals surface area contributed by atoms with Gasteiger partial charge in [-0.1, -0.05) is 25.7 Å². The van der Waals surface area contributed by atoms with E-state index >= 15 is 0 Å². The maximum Gasteiger partial charge on any atom is 0.209 e. The minimum absolute atomic E-state index is 0.0929. The van der Waals surface area contributed by atoms with Gasteiger partial charge in [-0.3, -0.25) is 0 Å². The zero-order valence-electron chi connectivity index (χ0n) is 10.6. The first-order chi connectivity index (χ1) is 8.08. The van der Waals surface area contributed by atoms with E-state index in [1.807, 2.05) is 0 Å². The van der Waals surface area contributed by atoms with Gasteiger partial charge >= 0.3 is 0 Å². The summed E-state index contributed by atoms with van der Waals surface area (Å²) in [5.74, 6) is 0.850. The highest BCUT2D eigenvalue weighted by Crippen LogP contribution is 2.23. The third-order valence-electron chi connectivity index (χ3n) is 3.30. The third-order valence-corrected chi connectivity index (χ3v) is 4.15. The highest BCUT2D eigenvalue weighted by molar-refractivity contribution is 7.89. The lowest BCUT2D eigenvalue weighted by molar-refractivity contribution is 0.0827. The van der Waals surface area contributed by atoms with Gasteiger partial charge in [-0.15, -0.1) is 0 Å². The van der Waals surface area contributed by atoms with E-state index in [0.717, 1.165) is 32.0 Å². The number of unbranched alkanes of at least 4 members (excludes halogenated alkanes) is 2. The summed E-state index contributed by atoms with van der Waals surface area (Å²) in [6.45, 7) is 1.64. The van der Waals surface area contributed by atoms with Crippen LogP contribution in [0, 0.1) is 5.92 Å². The molecule has 0 saturated heterocycles. The summed E-state index contributed by atoms with van der Waals surface area (Å²) in [5.41, 5.74) is 0. The van der Waals surface area contributed by atoms with Gasteiger partial charge in [-0.25, -0.2) is 13.6 Å². The summed E-state index contributed by atoms with van der Waals surface area (Å²) < 4.78 is 27.0. The standard InChI is InChI=1S/C12H25NO3S/c13-17(14,15)10-6-2-5-9-16-11-12-7-3-1-4-8-12/h12H,1-11H2,(H2,13,14,15). The van der Waals surface area contributed by atoms with Crippen LogP contribution < -0.4 is 5.14 Å². The lowest BCUT2D eigenvalue weighted by Gasteiger charge is -2.21. The number of ether oxygens (including phenoxy) is 1. The molecule has 0 heterocycles. The van der Waals surface area contributed by atoms with E-state index in [-0.39, 0.29) is 5.75 Å². The first-order valence-electron chi connectivity index (χ1n) is 6.66. The van der Waals surface area contributed by atoms with Crippen molar-refractivity contribution in [1.82, 2.24) is 0 Å². The van der Waals surface area contributed by atoms with E-state index in [0.29, 0.717) is 6.42 Å². The van der Waals surface area contributed by atoms with Gasteiger partial charge in [-0.2, -0.15) is 0 Å². The molecular formula is C12H25NO3S. The van der Waals surface area contributed by atoms with Crippen molar-refractivity contribution < 1.29 is 13.2 Å². The average molecular weight is 263 g/mol. The molecule has 102 valence electrons. The molecule has 0 unspecified atom stereocenters. The highest BCUT2D eigenvalue weighted by Gasteiger charge is 2.12. The molecule has 0 bridgehead atoms. The molecule has 0 spiro atoms. The predicted octanol–water partition coefficient (Wildman–Crippen LogP) is 2.04. The van der Waals surface area contributed by atoms with Crippen LogP contribution in [0.15, 0.2) is 0 Å². The monoisotopic (exact) mass is 263 g/mol. The summed E-state index contributed by atoms with van der Waals surface area (Å²) in [5, 5.41) is 4.91. The Bertz CT molecular complexity index is 284. The van der Waals surface area contributed by atoms with E-state index in [2.05, 4.69) is 0 Å². The quantitative estimate of drug-likeness (QED) is 0.681. The van der Waals surface area contributed by atoms with Gasteiger partial charge in [0.1, 0.15) is 0 Å². The van der Waals surface area contributed by atoms with Crippen LogP contribution in [0.3, 0.4) is 0 Å². The molecule has 0 amide bonds. The molecule has 5 heteroatoms. The second kappa shape index (κ2) is 8.06. The smallest absolute Gasteiger partial charge is 0.209 e. The van der Waals surface area contributed by atoms with E-state index in [1.165, 1.54) is 32.1 Å². The minimum Gasteiger partial charge on any atom is -0.381 e. The summed E-state index contributed by atoms with van der Waals surface area (Å²) in [6.07, 6.45) is 9.15. The fourth-order valence-corrected chi connectivity index (χ4v) is 2.89. The Morgan fingerprint density at radius 1 is 1.06 bits per heavy atom. The van der Waals surface area contributed by atoms with Crippen LogP contribution >= 0.6 is 0 Å².